The molecule has 0 spiro atoms. The Morgan fingerprint density at radius 2 is 2.17 bits per heavy atom. The molecule has 1 rings (SSSR count). The summed E-state index contributed by atoms with van der Waals surface area (Å²) < 4.78 is 22.5. The maximum absolute atomic E-state index is 11.2. The molecule has 0 aromatic carbocycles. The topological polar surface area (TPSA) is 72.5 Å². The fourth-order valence-corrected chi connectivity index (χ4v) is 3.22. The smallest absolute Gasteiger partial charge is 0.226 e. The summed E-state index contributed by atoms with van der Waals surface area (Å²) >= 11 is 1.20. The molecule has 1 aliphatic heterocycles. The molecule has 0 unspecified atom stereocenters. The molecule has 6 heteroatoms. The summed E-state index contributed by atoms with van der Waals surface area (Å²) in [5.74, 6) is 0.0677. The summed E-state index contributed by atoms with van der Waals surface area (Å²) in [7, 11) is -3.31. The first-order valence-electron chi connectivity index (χ1n) is 3.39. The van der Waals surface area contributed by atoms with Crippen molar-refractivity contribution >= 4 is 26.0 Å². The van der Waals surface area contributed by atoms with Crippen LogP contribution in [0.25, 0.3) is 0 Å². The Balaban J connectivity index is 2.90. The summed E-state index contributed by atoms with van der Waals surface area (Å²) in [6.07, 6.45) is 0. The molecule has 0 aliphatic carbocycles. The van der Waals surface area contributed by atoms with Crippen LogP contribution >= 0.6 is 11.8 Å². The van der Waals surface area contributed by atoms with E-state index in [-0.39, 0.29) is 15.4 Å². The van der Waals surface area contributed by atoms with Gasteiger partial charge in [-0.1, -0.05) is 25.6 Å². The van der Waals surface area contributed by atoms with Crippen LogP contribution in [0.15, 0.2) is 16.2 Å². The van der Waals surface area contributed by atoms with Gasteiger partial charge in [0.15, 0.2) is 4.38 Å². The lowest BCUT2D eigenvalue weighted by molar-refractivity contribution is 0.616. The molecule has 0 fully saturated rings. The van der Waals surface area contributed by atoms with Crippen molar-refractivity contribution in [2.24, 2.45) is 10.7 Å². The quantitative estimate of drug-likeness (QED) is 0.684. The van der Waals surface area contributed by atoms with Crippen LogP contribution in [0, 0.1) is 0 Å². The predicted octanol–water partition coefficient (Wildman–Crippen LogP) is 0.670. The molecule has 1 heterocycles. The number of hydrogen-bond donors (Lipinski definition) is 1. The number of rotatable bonds is 1. The molecule has 1 aliphatic rings. The van der Waals surface area contributed by atoms with E-state index in [0.717, 1.165) is 5.41 Å². The fraction of sp³-hybridized carbons (Fsp3) is 0.500. The van der Waals surface area contributed by atoms with E-state index in [1.807, 2.05) is 13.8 Å². The lowest BCUT2D eigenvalue weighted by Gasteiger charge is -2.01. The zero-order chi connectivity index (χ0) is 9.35. The fourth-order valence-electron chi connectivity index (χ4n) is 0.700. The highest BCUT2D eigenvalue weighted by molar-refractivity contribution is 8.36. The average molecular weight is 206 g/mol. The number of hydrogen-bond acceptors (Lipinski definition) is 5. The lowest BCUT2D eigenvalue weighted by Crippen LogP contribution is -2.06. The Hall–Kier alpha value is -0.490. The van der Waals surface area contributed by atoms with Crippen molar-refractivity contribution < 1.29 is 8.42 Å². The first-order chi connectivity index (χ1) is 5.42. The van der Waals surface area contributed by atoms with Crippen molar-refractivity contribution in [2.75, 3.05) is 0 Å². The van der Waals surface area contributed by atoms with Crippen molar-refractivity contribution in [2.45, 2.75) is 19.1 Å². The van der Waals surface area contributed by atoms with E-state index in [0.29, 0.717) is 0 Å². The van der Waals surface area contributed by atoms with Gasteiger partial charge in [0.05, 0.1) is 5.41 Å². The Kier molecular flexibility index (Phi) is 2.48. The minimum Gasteiger partial charge on any atom is -0.383 e. The van der Waals surface area contributed by atoms with Crippen LogP contribution in [0.1, 0.15) is 13.8 Å². The van der Waals surface area contributed by atoms with Crippen LogP contribution in [-0.2, 0) is 9.84 Å². The monoisotopic (exact) mass is 206 g/mol. The van der Waals surface area contributed by atoms with Gasteiger partial charge in [0.25, 0.3) is 0 Å². The summed E-state index contributed by atoms with van der Waals surface area (Å²) in [5, 5.41) is 1.18. The highest BCUT2D eigenvalue weighted by Crippen LogP contribution is 2.23. The highest BCUT2D eigenvalue weighted by atomic mass is 32.3. The van der Waals surface area contributed by atoms with Crippen LogP contribution < -0.4 is 5.73 Å². The van der Waals surface area contributed by atoms with Gasteiger partial charge in [-0.2, -0.15) is 0 Å². The molecule has 0 aromatic rings. The van der Waals surface area contributed by atoms with Gasteiger partial charge in [0.1, 0.15) is 5.82 Å². The van der Waals surface area contributed by atoms with Gasteiger partial charge < -0.3 is 5.73 Å². The third kappa shape index (κ3) is 2.01. The first-order valence-corrected chi connectivity index (χ1v) is 5.82. The summed E-state index contributed by atoms with van der Waals surface area (Å²) in [5.41, 5.74) is 5.26. The molecule has 0 amide bonds. The predicted molar refractivity (Wildman–Crippen MR) is 51.4 cm³/mol. The third-order valence-electron chi connectivity index (χ3n) is 1.08. The Morgan fingerprint density at radius 1 is 1.58 bits per heavy atom. The normalized spacial score (nSPS) is 20.9. The Bertz CT molecular complexity index is 341. The average Bonchev–Trinajstić information content (AvgIpc) is 2.04. The number of thioether (sulfide) groups is 1. The minimum absolute atomic E-state index is 0.0677. The van der Waals surface area contributed by atoms with E-state index >= 15 is 0 Å². The molecule has 0 saturated heterocycles. The van der Waals surface area contributed by atoms with E-state index < -0.39 is 9.84 Å². The molecular formula is C6H10N2O2S2. The largest absolute Gasteiger partial charge is 0.383 e. The van der Waals surface area contributed by atoms with Gasteiger partial charge in [-0.05, 0) is 0 Å². The van der Waals surface area contributed by atoms with E-state index in [1.54, 1.807) is 0 Å². The molecule has 0 aromatic heterocycles. The summed E-state index contributed by atoms with van der Waals surface area (Å²) in [4.78, 5) is 3.71. The van der Waals surface area contributed by atoms with Crippen LogP contribution in [0.4, 0.5) is 0 Å². The van der Waals surface area contributed by atoms with Gasteiger partial charge in [0.2, 0.25) is 9.84 Å². The molecule has 4 nitrogen and oxygen atoms in total. The lowest BCUT2D eigenvalue weighted by atomic mass is 10.6. The highest BCUT2D eigenvalue weighted by Gasteiger charge is 2.24. The maximum Gasteiger partial charge on any atom is 0.226 e. The van der Waals surface area contributed by atoms with Crippen LogP contribution in [0.2, 0.25) is 0 Å². The third-order valence-corrected chi connectivity index (χ3v) is 3.96. The van der Waals surface area contributed by atoms with E-state index in [2.05, 4.69) is 4.99 Å². The van der Waals surface area contributed by atoms with E-state index in [4.69, 9.17) is 5.73 Å². The second-order valence-corrected chi connectivity index (χ2v) is 6.17. The van der Waals surface area contributed by atoms with Gasteiger partial charge in [-0.15, -0.1) is 0 Å². The van der Waals surface area contributed by atoms with E-state index in [1.165, 1.54) is 11.8 Å². The van der Waals surface area contributed by atoms with Crippen molar-refractivity contribution in [1.82, 2.24) is 0 Å². The maximum atomic E-state index is 11.2. The first kappa shape index (κ1) is 9.60. The molecule has 68 valence electrons. The van der Waals surface area contributed by atoms with Gasteiger partial charge in [-0.25, -0.2) is 13.4 Å². The van der Waals surface area contributed by atoms with Crippen LogP contribution in [-0.4, -0.2) is 18.0 Å². The molecular weight excluding hydrogens is 196 g/mol. The Morgan fingerprint density at radius 3 is 2.50 bits per heavy atom. The van der Waals surface area contributed by atoms with Gasteiger partial charge >= 0.3 is 0 Å². The van der Waals surface area contributed by atoms with Crippen molar-refractivity contribution in [3.63, 3.8) is 0 Å². The molecule has 0 saturated carbocycles. The number of nitrogens with two attached hydrogens (primary N) is 1. The molecule has 2 N–H and O–H groups in total. The number of sulfone groups is 1. The van der Waals surface area contributed by atoms with Crippen LogP contribution in [0.3, 0.4) is 0 Å². The minimum atomic E-state index is -3.31. The molecule has 0 radical (unpaired) electrons. The SMILES string of the molecule is CC(C)SC1=NC(N)=CS1(=O)=O. The van der Waals surface area contributed by atoms with Gasteiger partial charge in [-0.3, -0.25) is 0 Å². The van der Waals surface area contributed by atoms with Crippen molar-refractivity contribution in [3.05, 3.63) is 11.2 Å². The second kappa shape index (κ2) is 3.10. The standard InChI is InChI=1S/C6H10N2O2S2/c1-4(2)11-6-8-5(7)3-12(6,9)10/h3-4H,7H2,1-2H3. The molecule has 12 heavy (non-hydrogen) atoms. The van der Waals surface area contributed by atoms with E-state index in [9.17, 15) is 8.42 Å². The zero-order valence-corrected chi connectivity index (χ0v) is 8.45. The number of nitrogens with zero attached hydrogens (tertiary/aromatic N) is 1. The molecule has 0 atom stereocenters. The molecule has 0 bridgehead atoms. The zero-order valence-electron chi connectivity index (χ0n) is 6.81. The Labute approximate surface area is 75.9 Å². The van der Waals surface area contributed by atoms with Crippen molar-refractivity contribution in [3.8, 4) is 0 Å². The summed E-state index contributed by atoms with van der Waals surface area (Å²) in [6.45, 7) is 3.80. The van der Waals surface area contributed by atoms with Gasteiger partial charge in [0, 0.05) is 5.25 Å². The number of aliphatic imine (C=N–C) groups is 1. The van der Waals surface area contributed by atoms with Crippen LogP contribution in [0.5, 0.6) is 0 Å². The summed E-state index contributed by atoms with van der Waals surface area (Å²) in [6, 6.07) is 0. The second-order valence-electron chi connectivity index (χ2n) is 2.63. The van der Waals surface area contributed by atoms with Crippen molar-refractivity contribution in [1.29, 1.82) is 0 Å².